The third-order valence-corrected chi connectivity index (χ3v) is 1.80. The Morgan fingerprint density at radius 3 is 2.30 bits per heavy atom. The van der Waals surface area contributed by atoms with E-state index in [0.29, 0.717) is 0 Å². The Labute approximate surface area is 68.9 Å². The van der Waals surface area contributed by atoms with E-state index in [9.17, 15) is 0 Å². The largest absolute Gasteiger partial charge is 0.315 e. The summed E-state index contributed by atoms with van der Waals surface area (Å²) in [5.41, 5.74) is 5.25. The van der Waals surface area contributed by atoms with E-state index in [1.54, 1.807) is 0 Å². The number of nitrogens with two attached hydrogens (primary N) is 1. The molecular formula is C8H18ClN. The normalized spacial score (nSPS) is 13.5. The first kappa shape index (κ1) is 10.2. The van der Waals surface area contributed by atoms with Crippen LogP contribution in [0.15, 0.2) is 0 Å². The SMILES string of the molecule is CCCCCCCC(N)Cl. The highest BCUT2D eigenvalue weighted by molar-refractivity contribution is 6.20. The van der Waals surface area contributed by atoms with Crippen LogP contribution in [0.4, 0.5) is 0 Å². The van der Waals surface area contributed by atoms with E-state index in [2.05, 4.69) is 6.92 Å². The summed E-state index contributed by atoms with van der Waals surface area (Å²) in [5, 5.41) is 0. The zero-order valence-electron chi connectivity index (χ0n) is 6.78. The molecule has 0 aliphatic heterocycles. The molecule has 0 aromatic rings. The Morgan fingerprint density at radius 1 is 1.20 bits per heavy atom. The van der Waals surface area contributed by atoms with Crippen LogP contribution in [0.25, 0.3) is 0 Å². The van der Waals surface area contributed by atoms with Gasteiger partial charge in [0.25, 0.3) is 0 Å². The first-order valence-electron chi connectivity index (χ1n) is 4.17. The molecule has 0 aromatic heterocycles. The Balaban J connectivity index is 2.77. The molecule has 0 spiro atoms. The first-order chi connectivity index (χ1) is 4.77. The van der Waals surface area contributed by atoms with Crippen LogP contribution in [-0.2, 0) is 0 Å². The fourth-order valence-electron chi connectivity index (χ4n) is 0.943. The lowest BCUT2D eigenvalue weighted by atomic mass is 10.1. The Bertz CT molecular complexity index is 64.3. The molecule has 2 heteroatoms. The van der Waals surface area contributed by atoms with Gasteiger partial charge in [-0.25, -0.2) is 0 Å². The Morgan fingerprint density at radius 2 is 1.80 bits per heavy atom. The van der Waals surface area contributed by atoms with Gasteiger partial charge in [0.1, 0.15) is 0 Å². The molecule has 1 nitrogen and oxygen atoms in total. The van der Waals surface area contributed by atoms with E-state index in [-0.39, 0.29) is 5.50 Å². The maximum atomic E-state index is 5.57. The first-order valence-corrected chi connectivity index (χ1v) is 4.60. The standard InChI is InChI=1S/C8H18ClN/c1-2-3-4-5-6-7-8(9)10/h8H,2-7,10H2,1H3. The third kappa shape index (κ3) is 8.25. The number of halogens is 1. The fraction of sp³-hybridized carbons (Fsp3) is 1.00. The van der Waals surface area contributed by atoms with E-state index >= 15 is 0 Å². The van der Waals surface area contributed by atoms with Crippen molar-refractivity contribution in [2.24, 2.45) is 5.73 Å². The quantitative estimate of drug-likeness (QED) is 0.364. The molecule has 62 valence electrons. The van der Waals surface area contributed by atoms with Crippen molar-refractivity contribution in [3.63, 3.8) is 0 Å². The van der Waals surface area contributed by atoms with Gasteiger partial charge in [0, 0.05) is 0 Å². The molecule has 0 aliphatic rings. The number of hydrogen-bond acceptors (Lipinski definition) is 1. The number of unbranched alkanes of at least 4 members (excludes halogenated alkanes) is 4. The number of hydrogen-bond donors (Lipinski definition) is 1. The van der Waals surface area contributed by atoms with E-state index in [0.717, 1.165) is 6.42 Å². The number of rotatable bonds is 6. The smallest absolute Gasteiger partial charge is 0.0800 e. The molecule has 0 radical (unpaired) electrons. The number of alkyl halides is 1. The van der Waals surface area contributed by atoms with Crippen LogP contribution in [-0.4, -0.2) is 5.50 Å². The molecule has 0 amide bonds. The minimum atomic E-state index is -0.123. The summed E-state index contributed by atoms with van der Waals surface area (Å²) in [5.74, 6) is 0. The van der Waals surface area contributed by atoms with Crippen molar-refractivity contribution in [2.45, 2.75) is 50.9 Å². The van der Waals surface area contributed by atoms with Gasteiger partial charge in [-0.3, -0.25) is 0 Å². The van der Waals surface area contributed by atoms with Crippen molar-refractivity contribution < 1.29 is 0 Å². The summed E-state index contributed by atoms with van der Waals surface area (Å²) >= 11 is 5.57. The van der Waals surface area contributed by atoms with Gasteiger partial charge in [0.15, 0.2) is 0 Å². The molecule has 0 saturated carbocycles. The molecule has 2 N–H and O–H groups in total. The monoisotopic (exact) mass is 163 g/mol. The van der Waals surface area contributed by atoms with Gasteiger partial charge in [0.05, 0.1) is 5.50 Å². The van der Waals surface area contributed by atoms with Gasteiger partial charge in [0.2, 0.25) is 0 Å². The summed E-state index contributed by atoms with van der Waals surface area (Å²) in [6.45, 7) is 2.22. The lowest BCUT2D eigenvalue weighted by Gasteiger charge is -2.01. The summed E-state index contributed by atoms with van der Waals surface area (Å²) in [4.78, 5) is 0. The molecule has 0 rings (SSSR count). The molecule has 0 aromatic carbocycles. The predicted octanol–water partition coefficient (Wildman–Crippen LogP) is 2.87. The van der Waals surface area contributed by atoms with Gasteiger partial charge in [-0.1, -0.05) is 39.0 Å². The minimum absolute atomic E-state index is 0.123. The van der Waals surface area contributed by atoms with Crippen LogP contribution in [0.3, 0.4) is 0 Å². The average molecular weight is 164 g/mol. The van der Waals surface area contributed by atoms with Crippen molar-refractivity contribution in [1.82, 2.24) is 0 Å². The topological polar surface area (TPSA) is 26.0 Å². The van der Waals surface area contributed by atoms with E-state index < -0.39 is 0 Å². The van der Waals surface area contributed by atoms with Crippen LogP contribution in [0.2, 0.25) is 0 Å². The highest BCUT2D eigenvalue weighted by atomic mass is 35.5. The third-order valence-electron chi connectivity index (χ3n) is 1.58. The molecule has 1 unspecified atom stereocenters. The average Bonchev–Trinajstić information content (AvgIpc) is 1.87. The maximum absolute atomic E-state index is 5.57. The zero-order chi connectivity index (χ0) is 7.82. The highest BCUT2D eigenvalue weighted by Crippen LogP contribution is 2.07. The van der Waals surface area contributed by atoms with Crippen LogP contribution in [0, 0.1) is 0 Å². The van der Waals surface area contributed by atoms with Gasteiger partial charge >= 0.3 is 0 Å². The molecule has 10 heavy (non-hydrogen) atoms. The second-order valence-electron chi connectivity index (χ2n) is 2.72. The van der Waals surface area contributed by atoms with E-state index in [1.807, 2.05) is 0 Å². The lowest BCUT2D eigenvalue weighted by Crippen LogP contribution is -2.10. The molecule has 0 bridgehead atoms. The van der Waals surface area contributed by atoms with Crippen molar-refractivity contribution >= 4 is 11.6 Å². The summed E-state index contributed by atoms with van der Waals surface area (Å²) < 4.78 is 0. The summed E-state index contributed by atoms with van der Waals surface area (Å²) in [7, 11) is 0. The predicted molar refractivity (Wildman–Crippen MR) is 47.2 cm³/mol. The Hall–Kier alpha value is 0.250. The highest BCUT2D eigenvalue weighted by Gasteiger charge is 1.94. The molecule has 0 aliphatic carbocycles. The van der Waals surface area contributed by atoms with Crippen molar-refractivity contribution in [2.75, 3.05) is 0 Å². The lowest BCUT2D eigenvalue weighted by molar-refractivity contribution is 0.599. The second-order valence-corrected chi connectivity index (χ2v) is 3.28. The van der Waals surface area contributed by atoms with E-state index in [4.69, 9.17) is 17.3 Å². The molecule has 0 fully saturated rings. The molecule has 1 atom stereocenters. The zero-order valence-corrected chi connectivity index (χ0v) is 7.53. The van der Waals surface area contributed by atoms with E-state index in [1.165, 1.54) is 32.1 Å². The van der Waals surface area contributed by atoms with Gasteiger partial charge < -0.3 is 5.73 Å². The van der Waals surface area contributed by atoms with Crippen LogP contribution >= 0.6 is 11.6 Å². The van der Waals surface area contributed by atoms with Gasteiger partial charge in [-0.15, -0.1) is 11.6 Å². The minimum Gasteiger partial charge on any atom is -0.315 e. The van der Waals surface area contributed by atoms with Crippen molar-refractivity contribution in [3.8, 4) is 0 Å². The van der Waals surface area contributed by atoms with Gasteiger partial charge in [-0.05, 0) is 6.42 Å². The van der Waals surface area contributed by atoms with Crippen LogP contribution in [0.5, 0.6) is 0 Å². The van der Waals surface area contributed by atoms with Crippen LogP contribution in [0.1, 0.15) is 45.4 Å². The maximum Gasteiger partial charge on any atom is 0.0800 e. The summed E-state index contributed by atoms with van der Waals surface area (Å²) in [6, 6.07) is 0. The fourth-order valence-corrected chi connectivity index (χ4v) is 1.10. The van der Waals surface area contributed by atoms with Crippen molar-refractivity contribution in [1.29, 1.82) is 0 Å². The molecule has 0 heterocycles. The molecule has 0 saturated heterocycles. The summed E-state index contributed by atoms with van der Waals surface area (Å²) in [6.07, 6.45) is 7.41. The van der Waals surface area contributed by atoms with Crippen LogP contribution < -0.4 is 5.73 Å². The van der Waals surface area contributed by atoms with Gasteiger partial charge in [-0.2, -0.15) is 0 Å². The second kappa shape index (κ2) is 7.36. The Kier molecular flexibility index (Phi) is 7.54. The van der Waals surface area contributed by atoms with Crippen molar-refractivity contribution in [3.05, 3.63) is 0 Å². The molecular weight excluding hydrogens is 146 g/mol.